The molecule has 0 aliphatic carbocycles. The van der Waals surface area contributed by atoms with Crippen LogP contribution in [0.1, 0.15) is 51.7 Å². The predicted octanol–water partition coefficient (Wildman–Crippen LogP) is 4.18. The fraction of sp³-hybridized carbons (Fsp3) is 0.647. The van der Waals surface area contributed by atoms with Crippen LogP contribution in [0.3, 0.4) is 0 Å². The highest BCUT2D eigenvalue weighted by molar-refractivity contribution is 5.58. The number of hydrogen-bond donors (Lipinski definition) is 1. The van der Waals surface area contributed by atoms with Gasteiger partial charge in [0.25, 0.3) is 0 Å². The van der Waals surface area contributed by atoms with Crippen LogP contribution in [-0.4, -0.2) is 18.2 Å². The van der Waals surface area contributed by atoms with Gasteiger partial charge in [0, 0.05) is 12.2 Å². The van der Waals surface area contributed by atoms with Crippen LogP contribution in [0, 0.1) is 0 Å². The highest BCUT2D eigenvalue weighted by atomic mass is 16.5. The Morgan fingerprint density at radius 3 is 2.32 bits per heavy atom. The van der Waals surface area contributed by atoms with E-state index in [4.69, 9.17) is 4.74 Å². The van der Waals surface area contributed by atoms with Crippen LogP contribution in [0.25, 0.3) is 0 Å². The summed E-state index contributed by atoms with van der Waals surface area (Å²) in [4.78, 5) is 0. The third-order valence-electron chi connectivity index (χ3n) is 4.06. The molecule has 0 saturated carbocycles. The standard InChI is InChI=1S/C17H27NO/c1-5-13-8-7-9-14(6-2)16(13)18-12-15-10-11-17(3,4)19-15/h7-9,15,18H,5-6,10-12H2,1-4H3. The van der Waals surface area contributed by atoms with Gasteiger partial charge in [-0.3, -0.25) is 0 Å². The van der Waals surface area contributed by atoms with Gasteiger partial charge in [0.1, 0.15) is 0 Å². The second-order valence-electron chi connectivity index (χ2n) is 6.08. The second kappa shape index (κ2) is 5.96. The largest absolute Gasteiger partial charge is 0.382 e. The van der Waals surface area contributed by atoms with Gasteiger partial charge in [-0.15, -0.1) is 0 Å². The summed E-state index contributed by atoms with van der Waals surface area (Å²) in [6.45, 7) is 9.73. The van der Waals surface area contributed by atoms with Gasteiger partial charge in [-0.05, 0) is 50.7 Å². The lowest BCUT2D eigenvalue weighted by Crippen LogP contribution is -2.25. The Balaban J connectivity index is 2.03. The third-order valence-corrected chi connectivity index (χ3v) is 4.06. The zero-order valence-corrected chi connectivity index (χ0v) is 12.8. The number of aryl methyl sites for hydroxylation is 2. The first-order valence-electron chi connectivity index (χ1n) is 7.58. The highest BCUT2D eigenvalue weighted by Crippen LogP contribution is 2.30. The normalized spacial score (nSPS) is 21.6. The molecule has 2 nitrogen and oxygen atoms in total. The van der Waals surface area contributed by atoms with E-state index in [2.05, 4.69) is 51.2 Å². The van der Waals surface area contributed by atoms with Crippen molar-refractivity contribution in [3.8, 4) is 0 Å². The molecule has 1 atom stereocenters. The zero-order chi connectivity index (χ0) is 13.9. The summed E-state index contributed by atoms with van der Waals surface area (Å²) in [6.07, 6.45) is 4.83. The van der Waals surface area contributed by atoms with Crippen molar-refractivity contribution < 1.29 is 4.74 Å². The Hall–Kier alpha value is -1.02. The Morgan fingerprint density at radius 2 is 1.84 bits per heavy atom. The molecule has 1 aliphatic heterocycles. The molecule has 0 radical (unpaired) electrons. The minimum absolute atomic E-state index is 0.0597. The molecule has 1 heterocycles. The molecule has 1 unspecified atom stereocenters. The Labute approximate surface area is 117 Å². The van der Waals surface area contributed by atoms with Crippen LogP contribution in [-0.2, 0) is 17.6 Å². The van der Waals surface area contributed by atoms with E-state index in [9.17, 15) is 0 Å². The zero-order valence-electron chi connectivity index (χ0n) is 12.8. The lowest BCUT2D eigenvalue weighted by Gasteiger charge is -2.21. The van der Waals surface area contributed by atoms with Crippen molar-refractivity contribution in [3.63, 3.8) is 0 Å². The molecular formula is C17H27NO. The van der Waals surface area contributed by atoms with Crippen molar-refractivity contribution in [1.82, 2.24) is 0 Å². The van der Waals surface area contributed by atoms with Crippen molar-refractivity contribution in [1.29, 1.82) is 0 Å². The maximum absolute atomic E-state index is 6.06. The number of rotatable bonds is 5. The summed E-state index contributed by atoms with van der Waals surface area (Å²) in [5.41, 5.74) is 4.22. The lowest BCUT2D eigenvalue weighted by atomic mass is 10.0. The van der Waals surface area contributed by atoms with Crippen LogP contribution in [0.4, 0.5) is 5.69 Å². The molecular weight excluding hydrogens is 234 g/mol. The minimum atomic E-state index is 0.0597. The van der Waals surface area contributed by atoms with Crippen molar-refractivity contribution in [2.75, 3.05) is 11.9 Å². The fourth-order valence-electron chi connectivity index (χ4n) is 2.91. The predicted molar refractivity (Wildman–Crippen MR) is 81.9 cm³/mol. The van der Waals surface area contributed by atoms with E-state index in [1.54, 1.807) is 0 Å². The maximum Gasteiger partial charge on any atom is 0.0755 e. The average Bonchev–Trinajstić information content (AvgIpc) is 2.75. The van der Waals surface area contributed by atoms with E-state index in [1.165, 1.54) is 16.8 Å². The number of nitrogens with one attached hydrogen (secondary N) is 1. The fourth-order valence-corrected chi connectivity index (χ4v) is 2.91. The third kappa shape index (κ3) is 3.50. The summed E-state index contributed by atoms with van der Waals surface area (Å²) in [5, 5.41) is 3.64. The maximum atomic E-state index is 6.06. The van der Waals surface area contributed by atoms with Gasteiger partial charge in [0.2, 0.25) is 0 Å². The smallest absolute Gasteiger partial charge is 0.0755 e. The molecule has 2 rings (SSSR count). The first-order chi connectivity index (χ1) is 9.05. The molecule has 1 aliphatic rings. The van der Waals surface area contributed by atoms with Crippen molar-refractivity contribution in [2.45, 2.75) is 65.1 Å². The summed E-state index contributed by atoms with van der Waals surface area (Å²) < 4.78 is 6.06. The van der Waals surface area contributed by atoms with E-state index in [1.807, 2.05) is 0 Å². The summed E-state index contributed by atoms with van der Waals surface area (Å²) in [7, 11) is 0. The van der Waals surface area contributed by atoms with Gasteiger partial charge < -0.3 is 10.1 Å². The molecule has 0 bridgehead atoms. The van der Waals surface area contributed by atoms with Crippen molar-refractivity contribution in [3.05, 3.63) is 29.3 Å². The molecule has 2 heteroatoms. The molecule has 1 N–H and O–H groups in total. The quantitative estimate of drug-likeness (QED) is 0.858. The number of hydrogen-bond acceptors (Lipinski definition) is 2. The molecule has 0 amide bonds. The highest BCUT2D eigenvalue weighted by Gasteiger charge is 2.31. The molecule has 0 spiro atoms. The lowest BCUT2D eigenvalue weighted by molar-refractivity contribution is -0.00911. The SMILES string of the molecule is CCc1cccc(CC)c1NCC1CCC(C)(C)O1. The van der Waals surface area contributed by atoms with Crippen LogP contribution in [0.5, 0.6) is 0 Å². The Bertz CT molecular complexity index is 403. The molecule has 0 aromatic heterocycles. The van der Waals surface area contributed by atoms with E-state index < -0.39 is 0 Å². The van der Waals surface area contributed by atoms with Crippen molar-refractivity contribution >= 4 is 5.69 Å². The van der Waals surface area contributed by atoms with Gasteiger partial charge >= 0.3 is 0 Å². The van der Waals surface area contributed by atoms with Gasteiger partial charge in [-0.25, -0.2) is 0 Å². The Morgan fingerprint density at radius 1 is 1.21 bits per heavy atom. The van der Waals surface area contributed by atoms with Gasteiger partial charge in [0.15, 0.2) is 0 Å². The van der Waals surface area contributed by atoms with E-state index in [0.717, 1.165) is 32.2 Å². The summed E-state index contributed by atoms with van der Waals surface area (Å²) in [5.74, 6) is 0. The monoisotopic (exact) mass is 261 g/mol. The minimum Gasteiger partial charge on any atom is -0.382 e. The van der Waals surface area contributed by atoms with E-state index >= 15 is 0 Å². The van der Waals surface area contributed by atoms with Gasteiger partial charge in [-0.1, -0.05) is 32.0 Å². The van der Waals surface area contributed by atoms with Gasteiger partial charge in [-0.2, -0.15) is 0 Å². The van der Waals surface area contributed by atoms with Crippen LogP contribution in [0.2, 0.25) is 0 Å². The van der Waals surface area contributed by atoms with E-state index in [-0.39, 0.29) is 5.60 Å². The Kier molecular flexibility index (Phi) is 4.51. The van der Waals surface area contributed by atoms with Crippen LogP contribution in [0.15, 0.2) is 18.2 Å². The van der Waals surface area contributed by atoms with Gasteiger partial charge in [0.05, 0.1) is 11.7 Å². The molecule has 106 valence electrons. The summed E-state index contributed by atoms with van der Waals surface area (Å²) in [6, 6.07) is 6.61. The van der Waals surface area contributed by atoms with Crippen LogP contribution < -0.4 is 5.32 Å². The van der Waals surface area contributed by atoms with Crippen molar-refractivity contribution in [2.24, 2.45) is 0 Å². The first-order valence-corrected chi connectivity index (χ1v) is 7.58. The second-order valence-corrected chi connectivity index (χ2v) is 6.08. The number of ether oxygens (including phenoxy) is 1. The van der Waals surface area contributed by atoms with E-state index in [0.29, 0.717) is 6.10 Å². The van der Waals surface area contributed by atoms with Crippen LogP contribution >= 0.6 is 0 Å². The topological polar surface area (TPSA) is 21.3 Å². The molecule has 1 fully saturated rings. The number of benzene rings is 1. The average molecular weight is 261 g/mol. The number of anilines is 1. The molecule has 1 aromatic carbocycles. The molecule has 1 aromatic rings. The molecule has 19 heavy (non-hydrogen) atoms. The summed E-state index contributed by atoms with van der Waals surface area (Å²) >= 11 is 0. The number of para-hydroxylation sites is 1. The first kappa shape index (κ1) is 14.4. The molecule has 1 saturated heterocycles.